The Kier molecular flexibility index (Phi) is 3.91. The fourth-order valence-electron chi connectivity index (χ4n) is 1.66. The maximum absolute atomic E-state index is 6.19. The molecule has 18 heavy (non-hydrogen) atoms. The van der Waals surface area contributed by atoms with Crippen molar-refractivity contribution in [3.8, 4) is 11.4 Å². The van der Waals surface area contributed by atoms with E-state index in [1.54, 1.807) is 10.9 Å². The van der Waals surface area contributed by atoms with Gasteiger partial charge in [0.05, 0.1) is 21.0 Å². The summed E-state index contributed by atoms with van der Waals surface area (Å²) in [5.74, 6) is 0.961. The van der Waals surface area contributed by atoms with Crippen molar-refractivity contribution in [2.45, 2.75) is 26.7 Å². The van der Waals surface area contributed by atoms with Crippen molar-refractivity contribution in [3.63, 3.8) is 0 Å². The van der Waals surface area contributed by atoms with E-state index in [0.717, 1.165) is 20.5 Å². The number of hydrogen-bond donors (Lipinski definition) is 0. The summed E-state index contributed by atoms with van der Waals surface area (Å²) < 4.78 is 2.73. The third-order valence-electron chi connectivity index (χ3n) is 2.86. The van der Waals surface area contributed by atoms with Gasteiger partial charge in [-0.2, -0.15) is 5.10 Å². The molecule has 96 valence electrons. The van der Waals surface area contributed by atoms with Crippen LogP contribution in [-0.2, 0) is 7.05 Å². The normalized spacial score (nSPS) is 11.3. The molecule has 0 fully saturated rings. The summed E-state index contributed by atoms with van der Waals surface area (Å²) in [5.41, 5.74) is 2.94. The number of aromatic nitrogens is 4. The van der Waals surface area contributed by atoms with Gasteiger partial charge in [-0.05, 0) is 35.4 Å². The minimum Gasteiger partial charge on any atom is -0.272 e. The lowest BCUT2D eigenvalue weighted by atomic mass is 10.1. The summed E-state index contributed by atoms with van der Waals surface area (Å²) in [6, 6.07) is 0. The van der Waals surface area contributed by atoms with Gasteiger partial charge in [0.2, 0.25) is 0 Å². The Morgan fingerprint density at radius 3 is 2.50 bits per heavy atom. The van der Waals surface area contributed by atoms with E-state index in [2.05, 4.69) is 51.5 Å². The highest BCUT2D eigenvalue weighted by Crippen LogP contribution is 2.28. The van der Waals surface area contributed by atoms with Gasteiger partial charge in [-0.1, -0.05) is 25.4 Å². The van der Waals surface area contributed by atoms with Crippen LogP contribution in [0.3, 0.4) is 0 Å². The SMILES string of the molecule is Cc1c(-c2nc(Cl)c(I)c(C(C)C)n2)cnn1C. The van der Waals surface area contributed by atoms with Crippen molar-refractivity contribution in [1.82, 2.24) is 19.7 Å². The van der Waals surface area contributed by atoms with Crippen molar-refractivity contribution < 1.29 is 0 Å². The first kappa shape index (κ1) is 13.7. The van der Waals surface area contributed by atoms with E-state index in [1.165, 1.54) is 0 Å². The molecule has 0 radical (unpaired) electrons. The standard InChI is InChI=1S/C12H14ClIN4/c1-6(2)10-9(14)11(13)17-12(16-10)8-5-15-18(4)7(8)3/h5-6H,1-4H3. The molecule has 0 bridgehead atoms. The van der Waals surface area contributed by atoms with Crippen LogP contribution in [0.25, 0.3) is 11.4 Å². The van der Waals surface area contributed by atoms with Crippen LogP contribution >= 0.6 is 34.2 Å². The molecule has 0 aromatic carbocycles. The Morgan fingerprint density at radius 2 is 2.00 bits per heavy atom. The second kappa shape index (κ2) is 5.13. The van der Waals surface area contributed by atoms with Crippen molar-refractivity contribution in [2.75, 3.05) is 0 Å². The highest BCUT2D eigenvalue weighted by atomic mass is 127. The zero-order chi connectivity index (χ0) is 13.4. The van der Waals surface area contributed by atoms with E-state index in [0.29, 0.717) is 16.9 Å². The molecule has 0 aliphatic heterocycles. The van der Waals surface area contributed by atoms with E-state index in [-0.39, 0.29) is 0 Å². The molecular weight excluding hydrogens is 363 g/mol. The maximum Gasteiger partial charge on any atom is 0.164 e. The van der Waals surface area contributed by atoms with Gasteiger partial charge in [0.15, 0.2) is 5.82 Å². The van der Waals surface area contributed by atoms with Crippen LogP contribution in [0, 0.1) is 10.5 Å². The minimum atomic E-state index is 0.313. The summed E-state index contributed by atoms with van der Waals surface area (Å²) in [7, 11) is 1.90. The Bertz CT molecular complexity index is 592. The summed E-state index contributed by atoms with van der Waals surface area (Å²) in [6.07, 6.45) is 1.78. The van der Waals surface area contributed by atoms with Gasteiger partial charge < -0.3 is 0 Å². The number of hydrogen-bond acceptors (Lipinski definition) is 3. The van der Waals surface area contributed by atoms with Crippen LogP contribution < -0.4 is 0 Å². The van der Waals surface area contributed by atoms with Crippen molar-refractivity contribution >= 4 is 34.2 Å². The quantitative estimate of drug-likeness (QED) is 0.594. The first-order valence-electron chi connectivity index (χ1n) is 5.63. The molecule has 2 heterocycles. The fraction of sp³-hybridized carbons (Fsp3) is 0.417. The van der Waals surface area contributed by atoms with E-state index >= 15 is 0 Å². The number of halogens is 2. The van der Waals surface area contributed by atoms with Crippen LogP contribution in [0.4, 0.5) is 0 Å². The zero-order valence-corrected chi connectivity index (χ0v) is 13.6. The van der Waals surface area contributed by atoms with E-state index in [1.807, 2.05) is 14.0 Å². The van der Waals surface area contributed by atoms with E-state index < -0.39 is 0 Å². The molecule has 4 nitrogen and oxygen atoms in total. The average molecular weight is 377 g/mol. The van der Waals surface area contributed by atoms with Gasteiger partial charge in [-0.25, -0.2) is 9.97 Å². The molecule has 0 amide bonds. The molecule has 0 saturated carbocycles. The van der Waals surface area contributed by atoms with Gasteiger partial charge in [-0.3, -0.25) is 4.68 Å². The van der Waals surface area contributed by atoms with E-state index in [9.17, 15) is 0 Å². The Hall–Kier alpha value is -0.690. The predicted octanol–water partition coefficient (Wildman–Crippen LogP) is 3.57. The topological polar surface area (TPSA) is 43.6 Å². The first-order valence-corrected chi connectivity index (χ1v) is 7.09. The lowest BCUT2D eigenvalue weighted by Crippen LogP contribution is -2.03. The van der Waals surface area contributed by atoms with Crippen molar-refractivity contribution in [2.24, 2.45) is 7.05 Å². The monoisotopic (exact) mass is 376 g/mol. The van der Waals surface area contributed by atoms with Crippen LogP contribution in [-0.4, -0.2) is 19.7 Å². The first-order chi connectivity index (χ1) is 8.41. The van der Waals surface area contributed by atoms with Crippen molar-refractivity contribution in [3.05, 3.63) is 26.3 Å². The van der Waals surface area contributed by atoms with Gasteiger partial charge >= 0.3 is 0 Å². The molecule has 0 saturated heterocycles. The van der Waals surface area contributed by atoms with E-state index in [4.69, 9.17) is 11.6 Å². The van der Waals surface area contributed by atoms with Crippen LogP contribution in [0.2, 0.25) is 5.15 Å². The Morgan fingerprint density at radius 1 is 1.33 bits per heavy atom. The lowest BCUT2D eigenvalue weighted by molar-refractivity contribution is 0.740. The zero-order valence-electron chi connectivity index (χ0n) is 10.7. The molecule has 0 unspecified atom stereocenters. The fourth-order valence-corrected chi connectivity index (χ4v) is 2.70. The Labute approximate surface area is 125 Å². The average Bonchev–Trinajstić information content (AvgIpc) is 2.63. The van der Waals surface area contributed by atoms with Gasteiger partial charge in [-0.15, -0.1) is 0 Å². The summed E-state index contributed by atoms with van der Waals surface area (Å²) in [6.45, 7) is 6.19. The summed E-state index contributed by atoms with van der Waals surface area (Å²) in [4.78, 5) is 8.97. The highest BCUT2D eigenvalue weighted by Gasteiger charge is 2.17. The molecule has 6 heteroatoms. The summed E-state index contributed by atoms with van der Waals surface area (Å²) >= 11 is 8.38. The Balaban J connectivity index is 2.63. The highest BCUT2D eigenvalue weighted by molar-refractivity contribution is 14.1. The second-order valence-electron chi connectivity index (χ2n) is 4.46. The predicted molar refractivity (Wildman–Crippen MR) is 80.8 cm³/mol. The summed E-state index contributed by atoms with van der Waals surface area (Å²) in [5, 5.41) is 4.72. The second-order valence-corrected chi connectivity index (χ2v) is 5.90. The largest absolute Gasteiger partial charge is 0.272 e. The molecule has 2 aromatic rings. The maximum atomic E-state index is 6.19. The third kappa shape index (κ3) is 2.38. The molecule has 0 aliphatic rings. The minimum absolute atomic E-state index is 0.313. The number of nitrogens with zero attached hydrogens (tertiary/aromatic N) is 4. The molecule has 0 atom stereocenters. The molecule has 0 spiro atoms. The third-order valence-corrected chi connectivity index (χ3v) is 4.52. The number of aryl methyl sites for hydroxylation is 1. The molecular formula is C12H14ClIN4. The molecule has 0 N–H and O–H groups in total. The molecule has 0 aliphatic carbocycles. The smallest absolute Gasteiger partial charge is 0.164 e. The molecule has 2 aromatic heterocycles. The van der Waals surface area contributed by atoms with Gasteiger partial charge in [0.25, 0.3) is 0 Å². The van der Waals surface area contributed by atoms with Crippen LogP contribution in [0.1, 0.15) is 31.2 Å². The molecule has 2 rings (SSSR count). The van der Waals surface area contributed by atoms with Gasteiger partial charge in [0.1, 0.15) is 5.15 Å². The van der Waals surface area contributed by atoms with Crippen LogP contribution in [0.5, 0.6) is 0 Å². The number of rotatable bonds is 2. The van der Waals surface area contributed by atoms with Crippen molar-refractivity contribution in [1.29, 1.82) is 0 Å². The van der Waals surface area contributed by atoms with Crippen LogP contribution in [0.15, 0.2) is 6.20 Å². The van der Waals surface area contributed by atoms with Gasteiger partial charge in [0, 0.05) is 12.7 Å². The lowest BCUT2D eigenvalue weighted by Gasteiger charge is -2.10.